The standard InChI is InChI=1S/C10H10ClN3O2/c1-2-16-9(15)7-4-12-10-13-5-8(3-11)14(10)6-7/h4-6H,2-3H2,1H3. The Balaban J connectivity index is 2.45. The van der Waals surface area contributed by atoms with Crippen LogP contribution in [0.15, 0.2) is 18.6 Å². The number of imidazole rings is 1. The molecule has 2 aromatic rings. The maximum Gasteiger partial charge on any atom is 0.341 e. The molecule has 0 aromatic carbocycles. The van der Waals surface area contributed by atoms with E-state index in [1.807, 2.05) is 0 Å². The molecular formula is C10H10ClN3O2. The number of carbonyl (C=O) groups excluding carboxylic acids is 1. The highest BCUT2D eigenvalue weighted by Gasteiger charge is 2.10. The summed E-state index contributed by atoms with van der Waals surface area (Å²) >= 11 is 5.74. The second-order valence-corrected chi connectivity index (χ2v) is 3.38. The number of hydrogen-bond acceptors (Lipinski definition) is 4. The van der Waals surface area contributed by atoms with Crippen molar-refractivity contribution in [2.75, 3.05) is 6.61 Å². The Labute approximate surface area is 97.0 Å². The van der Waals surface area contributed by atoms with Crippen molar-refractivity contribution in [1.29, 1.82) is 0 Å². The fourth-order valence-electron chi connectivity index (χ4n) is 1.34. The van der Waals surface area contributed by atoms with E-state index < -0.39 is 5.97 Å². The first kappa shape index (κ1) is 10.9. The lowest BCUT2D eigenvalue weighted by Crippen LogP contribution is -2.07. The van der Waals surface area contributed by atoms with Crippen LogP contribution in [-0.4, -0.2) is 26.9 Å². The second kappa shape index (κ2) is 4.49. The van der Waals surface area contributed by atoms with Crippen LogP contribution in [0.5, 0.6) is 0 Å². The third-order valence-electron chi connectivity index (χ3n) is 2.09. The van der Waals surface area contributed by atoms with Crippen molar-refractivity contribution in [1.82, 2.24) is 14.4 Å². The van der Waals surface area contributed by atoms with Crippen LogP contribution in [0.1, 0.15) is 23.0 Å². The summed E-state index contributed by atoms with van der Waals surface area (Å²) in [4.78, 5) is 19.6. The number of aromatic nitrogens is 3. The second-order valence-electron chi connectivity index (χ2n) is 3.12. The predicted octanol–water partition coefficient (Wildman–Crippen LogP) is 1.64. The smallest absolute Gasteiger partial charge is 0.341 e. The lowest BCUT2D eigenvalue weighted by Gasteiger charge is -2.02. The molecule has 2 rings (SSSR count). The predicted molar refractivity (Wildman–Crippen MR) is 58.5 cm³/mol. The number of halogens is 1. The van der Waals surface area contributed by atoms with Gasteiger partial charge in [-0.1, -0.05) is 0 Å². The maximum absolute atomic E-state index is 11.5. The first-order valence-electron chi connectivity index (χ1n) is 4.81. The molecule has 0 saturated carbocycles. The SMILES string of the molecule is CCOC(=O)c1cnc2ncc(CCl)n2c1. The van der Waals surface area contributed by atoms with Gasteiger partial charge in [0.2, 0.25) is 5.78 Å². The molecule has 0 N–H and O–H groups in total. The van der Waals surface area contributed by atoms with Crippen molar-refractivity contribution < 1.29 is 9.53 Å². The van der Waals surface area contributed by atoms with Crippen molar-refractivity contribution in [3.8, 4) is 0 Å². The molecule has 2 heterocycles. The largest absolute Gasteiger partial charge is 0.462 e. The summed E-state index contributed by atoms with van der Waals surface area (Å²) in [5.74, 6) is 0.435. The molecule has 0 spiro atoms. The summed E-state index contributed by atoms with van der Waals surface area (Å²) < 4.78 is 6.56. The summed E-state index contributed by atoms with van der Waals surface area (Å²) in [6.45, 7) is 2.09. The molecule has 16 heavy (non-hydrogen) atoms. The van der Waals surface area contributed by atoms with Gasteiger partial charge in [0.25, 0.3) is 0 Å². The minimum Gasteiger partial charge on any atom is -0.462 e. The molecule has 0 amide bonds. The van der Waals surface area contributed by atoms with Gasteiger partial charge in [-0.2, -0.15) is 0 Å². The lowest BCUT2D eigenvalue weighted by atomic mass is 10.3. The fraction of sp³-hybridized carbons (Fsp3) is 0.300. The average molecular weight is 240 g/mol. The monoisotopic (exact) mass is 239 g/mol. The van der Waals surface area contributed by atoms with Crippen molar-refractivity contribution in [3.05, 3.63) is 29.8 Å². The Bertz CT molecular complexity index is 524. The molecule has 0 radical (unpaired) electrons. The molecule has 0 atom stereocenters. The molecule has 6 heteroatoms. The Hall–Kier alpha value is -1.62. The average Bonchev–Trinajstić information content (AvgIpc) is 2.71. The van der Waals surface area contributed by atoms with Crippen LogP contribution in [0.3, 0.4) is 0 Å². The van der Waals surface area contributed by atoms with Crippen LogP contribution in [0.4, 0.5) is 0 Å². The van der Waals surface area contributed by atoms with Gasteiger partial charge >= 0.3 is 5.97 Å². The van der Waals surface area contributed by atoms with E-state index in [1.165, 1.54) is 6.20 Å². The van der Waals surface area contributed by atoms with Crippen molar-refractivity contribution in [3.63, 3.8) is 0 Å². The van der Waals surface area contributed by atoms with Crippen LogP contribution < -0.4 is 0 Å². The number of alkyl halides is 1. The Morgan fingerprint density at radius 3 is 2.94 bits per heavy atom. The van der Waals surface area contributed by atoms with Gasteiger partial charge in [0, 0.05) is 12.4 Å². The van der Waals surface area contributed by atoms with Gasteiger partial charge < -0.3 is 4.74 Å². The topological polar surface area (TPSA) is 56.5 Å². The highest BCUT2D eigenvalue weighted by Crippen LogP contribution is 2.09. The van der Waals surface area contributed by atoms with Gasteiger partial charge in [-0.25, -0.2) is 14.8 Å². The van der Waals surface area contributed by atoms with E-state index in [-0.39, 0.29) is 0 Å². The summed E-state index contributed by atoms with van der Waals surface area (Å²) in [7, 11) is 0. The molecule has 0 aliphatic rings. The van der Waals surface area contributed by atoms with E-state index in [4.69, 9.17) is 16.3 Å². The molecule has 5 nitrogen and oxygen atoms in total. The van der Waals surface area contributed by atoms with Gasteiger partial charge in [-0.05, 0) is 6.92 Å². The molecule has 0 saturated heterocycles. The quantitative estimate of drug-likeness (QED) is 0.604. The highest BCUT2D eigenvalue weighted by atomic mass is 35.5. The summed E-state index contributed by atoms with van der Waals surface area (Å²) in [5, 5.41) is 0. The number of nitrogens with zero attached hydrogens (tertiary/aromatic N) is 3. The van der Waals surface area contributed by atoms with Gasteiger partial charge in [-0.15, -0.1) is 11.6 Å². The minimum atomic E-state index is -0.397. The van der Waals surface area contributed by atoms with Crippen LogP contribution in [0.25, 0.3) is 5.78 Å². The Morgan fingerprint density at radius 2 is 2.25 bits per heavy atom. The first-order chi connectivity index (χ1) is 7.76. The van der Waals surface area contributed by atoms with E-state index in [9.17, 15) is 4.79 Å². The summed E-state index contributed by atoms with van der Waals surface area (Å²) in [5.41, 5.74) is 1.18. The van der Waals surface area contributed by atoms with Crippen molar-refractivity contribution in [2.24, 2.45) is 0 Å². The van der Waals surface area contributed by atoms with Crippen LogP contribution in [0, 0.1) is 0 Å². The Morgan fingerprint density at radius 1 is 1.50 bits per heavy atom. The van der Waals surface area contributed by atoms with E-state index in [0.717, 1.165) is 5.69 Å². The van der Waals surface area contributed by atoms with Crippen molar-refractivity contribution >= 4 is 23.3 Å². The number of ether oxygens (including phenoxy) is 1. The van der Waals surface area contributed by atoms with E-state index in [1.54, 1.807) is 23.7 Å². The highest BCUT2D eigenvalue weighted by molar-refractivity contribution is 6.16. The fourth-order valence-corrected chi connectivity index (χ4v) is 1.54. The third-order valence-corrected chi connectivity index (χ3v) is 2.36. The molecule has 0 bridgehead atoms. The van der Waals surface area contributed by atoms with Crippen molar-refractivity contribution in [2.45, 2.75) is 12.8 Å². The molecule has 2 aromatic heterocycles. The zero-order chi connectivity index (χ0) is 11.5. The molecule has 0 aliphatic heterocycles. The molecule has 0 unspecified atom stereocenters. The van der Waals surface area contributed by atoms with E-state index >= 15 is 0 Å². The van der Waals surface area contributed by atoms with Gasteiger partial charge in [-0.3, -0.25) is 4.40 Å². The maximum atomic E-state index is 11.5. The third kappa shape index (κ3) is 1.86. The Kier molecular flexibility index (Phi) is 3.05. The van der Waals surface area contributed by atoms with Gasteiger partial charge in [0.05, 0.1) is 29.9 Å². The molecule has 0 fully saturated rings. The van der Waals surface area contributed by atoms with Gasteiger partial charge in [0.15, 0.2) is 0 Å². The van der Waals surface area contributed by atoms with Crippen LogP contribution in [-0.2, 0) is 10.6 Å². The van der Waals surface area contributed by atoms with Gasteiger partial charge in [0.1, 0.15) is 0 Å². The zero-order valence-electron chi connectivity index (χ0n) is 8.68. The molecule has 84 valence electrons. The number of hydrogen-bond donors (Lipinski definition) is 0. The number of carbonyl (C=O) groups is 1. The summed E-state index contributed by atoms with van der Waals surface area (Å²) in [6, 6.07) is 0. The summed E-state index contributed by atoms with van der Waals surface area (Å²) in [6.07, 6.45) is 4.70. The lowest BCUT2D eigenvalue weighted by molar-refractivity contribution is 0.0525. The van der Waals surface area contributed by atoms with E-state index in [0.29, 0.717) is 23.8 Å². The normalized spacial score (nSPS) is 10.6. The molecule has 0 aliphatic carbocycles. The molecular weight excluding hydrogens is 230 g/mol. The van der Waals surface area contributed by atoms with Crippen LogP contribution in [0.2, 0.25) is 0 Å². The number of esters is 1. The van der Waals surface area contributed by atoms with Crippen LogP contribution >= 0.6 is 11.6 Å². The number of fused-ring (bicyclic) bond motifs is 1. The zero-order valence-corrected chi connectivity index (χ0v) is 9.44. The van der Waals surface area contributed by atoms with E-state index in [2.05, 4.69) is 9.97 Å². The number of rotatable bonds is 3. The minimum absolute atomic E-state index is 0.315. The first-order valence-corrected chi connectivity index (χ1v) is 5.34.